The van der Waals surface area contributed by atoms with E-state index < -0.39 is 0 Å². The topological polar surface area (TPSA) is 84.0 Å². The molecule has 0 aliphatic carbocycles. The quantitative estimate of drug-likeness (QED) is 0.454. The van der Waals surface area contributed by atoms with Gasteiger partial charge in [0.05, 0.1) is 0 Å². The van der Waals surface area contributed by atoms with Gasteiger partial charge in [0.25, 0.3) is 0 Å². The molecule has 0 spiro atoms. The van der Waals surface area contributed by atoms with E-state index in [2.05, 4.69) is 15.8 Å². The molecule has 0 radical (unpaired) electrons. The number of hydrazone groups is 1. The Labute approximate surface area is 98.0 Å². The molecule has 0 aromatic heterocycles. The molecule has 0 aliphatic rings. The van der Waals surface area contributed by atoms with Crippen LogP contribution in [0.1, 0.15) is 0 Å². The van der Waals surface area contributed by atoms with E-state index in [1.807, 2.05) is 30.3 Å². The van der Waals surface area contributed by atoms with Crippen LogP contribution in [0.5, 0.6) is 0 Å². The van der Waals surface area contributed by atoms with Gasteiger partial charge in [0.15, 0.2) is 5.11 Å². The van der Waals surface area contributed by atoms with Gasteiger partial charge in [-0.05, 0) is 24.4 Å². The van der Waals surface area contributed by atoms with E-state index in [-0.39, 0.29) is 10.8 Å². The van der Waals surface area contributed by atoms with Crippen molar-refractivity contribution < 1.29 is 0 Å². The Morgan fingerprint density at radius 3 is 2.38 bits per heavy atom. The molecular weight excluding hydrogens is 222 g/mol. The molecule has 0 aliphatic heterocycles. The molecule has 16 heavy (non-hydrogen) atoms. The van der Waals surface area contributed by atoms with Gasteiger partial charge >= 0.3 is 0 Å². The lowest BCUT2D eigenvalue weighted by atomic mass is 10.3. The van der Waals surface area contributed by atoms with Crippen molar-refractivity contribution in [3.8, 4) is 12.1 Å². The van der Waals surface area contributed by atoms with Crippen molar-refractivity contribution in [2.75, 3.05) is 5.32 Å². The summed E-state index contributed by atoms with van der Waals surface area (Å²) >= 11 is 4.90. The van der Waals surface area contributed by atoms with Crippen LogP contribution >= 0.6 is 12.2 Å². The lowest BCUT2D eigenvalue weighted by Gasteiger charge is -2.05. The van der Waals surface area contributed by atoms with Crippen LogP contribution in [0.25, 0.3) is 0 Å². The molecular formula is C10H7N5S. The van der Waals surface area contributed by atoms with E-state index in [0.717, 1.165) is 5.69 Å². The van der Waals surface area contributed by atoms with Crippen molar-refractivity contribution >= 4 is 28.7 Å². The van der Waals surface area contributed by atoms with Crippen molar-refractivity contribution in [1.82, 2.24) is 5.43 Å². The van der Waals surface area contributed by atoms with Gasteiger partial charge in [-0.1, -0.05) is 18.2 Å². The summed E-state index contributed by atoms with van der Waals surface area (Å²) < 4.78 is 0. The van der Waals surface area contributed by atoms with E-state index >= 15 is 0 Å². The summed E-state index contributed by atoms with van der Waals surface area (Å²) in [7, 11) is 0. The summed E-state index contributed by atoms with van der Waals surface area (Å²) in [4.78, 5) is 0. The van der Waals surface area contributed by atoms with Crippen LogP contribution in [0, 0.1) is 22.7 Å². The zero-order chi connectivity index (χ0) is 11.8. The molecule has 6 heteroatoms. The summed E-state index contributed by atoms with van der Waals surface area (Å²) in [5, 5.41) is 23.4. The first-order valence-electron chi connectivity index (χ1n) is 4.26. The highest BCUT2D eigenvalue weighted by atomic mass is 32.1. The highest BCUT2D eigenvalue weighted by Gasteiger charge is 1.96. The Hall–Kier alpha value is -2.44. The van der Waals surface area contributed by atoms with Crippen LogP contribution in [0.15, 0.2) is 35.4 Å². The first-order valence-corrected chi connectivity index (χ1v) is 4.67. The number of benzene rings is 1. The van der Waals surface area contributed by atoms with E-state index in [0.29, 0.717) is 0 Å². The van der Waals surface area contributed by atoms with E-state index in [1.165, 1.54) is 0 Å². The number of thiocarbonyl (C=S) groups is 1. The highest BCUT2D eigenvalue weighted by Crippen LogP contribution is 2.03. The Kier molecular flexibility index (Phi) is 4.45. The Balaban J connectivity index is 2.54. The summed E-state index contributed by atoms with van der Waals surface area (Å²) in [5.41, 5.74) is 2.91. The minimum atomic E-state index is -0.280. The molecule has 0 heterocycles. The average Bonchev–Trinajstić information content (AvgIpc) is 2.31. The predicted octanol–water partition coefficient (Wildman–Crippen LogP) is 1.38. The van der Waals surface area contributed by atoms with Crippen LogP contribution in [0.3, 0.4) is 0 Å². The molecule has 0 fully saturated rings. The zero-order valence-corrected chi connectivity index (χ0v) is 8.95. The van der Waals surface area contributed by atoms with Crippen molar-refractivity contribution in [1.29, 1.82) is 10.5 Å². The van der Waals surface area contributed by atoms with Crippen LogP contribution in [-0.2, 0) is 0 Å². The third-order valence-electron chi connectivity index (χ3n) is 1.51. The molecule has 0 saturated carbocycles. The predicted molar refractivity (Wildman–Crippen MR) is 64.5 cm³/mol. The van der Waals surface area contributed by atoms with Gasteiger partial charge < -0.3 is 5.32 Å². The van der Waals surface area contributed by atoms with Gasteiger partial charge in [0.2, 0.25) is 5.71 Å². The molecule has 0 amide bonds. The standard InChI is InChI=1S/C10H7N5S/c11-6-9(7-12)14-15-10(16)13-8-4-2-1-3-5-8/h1-5H,(H2,13,15,16). The minimum Gasteiger partial charge on any atom is -0.331 e. The van der Waals surface area contributed by atoms with E-state index in [1.54, 1.807) is 12.1 Å². The Morgan fingerprint density at radius 2 is 1.81 bits per heavy atom. The minimum absolute atomic E-state index is 0.217. The number of nitrogens with one attached hydrogen (secondary N) is 2. The monoisotopic (exact) mass is 229 g/mol. The zero-order valence-electron chi connectivity index (χ0n) is 8.14. The maximum absolute atomic E-state index is 8.42. The molecule has 2 N–H and O–H groups in total. The molecule has 0 bridgehead atoms. The Bertz CT molecular complexity index is 464. The number of para-hydroxylation sites is 1. The molecule has 0 saturated heterocycles. The van der Waals surface area contributed by atoms with Gasteiger partial charge in [-0.2, -0.15) is 15.6 Å². The number of hydrogen-bond donors (Lipinski definition) is 2. The number of anilines is 1. The summed E-state index contributed by atoms with van der Waals surface area (Å²) in [6, 6.07) is 12.5. The van der Waals surface area contributed by atoms with Gasteiger partial charge in [-0.25, -0.2) is 0 Å². The lowest BCUT2D eigenvalue weighted by molar-refractivity contribution is 1.05. The first-order chi connectivity index (χ1) is 7.76. The van der Waals surface area contributed by atoms with Crippen LogP contribution < -0.4 is 10.7 Å². The second kappa shape index (κ2) is 6.12. The first kappa shape index (κ1) is 11.6. The summed E-state index contributed by atoms with van der Waals surface area (Å²) in [6.45, 7) is 0. The van der Waals surface area contributed by atoms with Crippen molar-refractivity contribution in [3.63, 3.8) is 0 Å². The number of rotatable bonds is 2. The Morgan fingerprint density at radius 1 is 1.19 bits per heavy atom. The molecule has 0 unspecified atom stereocenters. The second-order valence-electron chi connectivity index (χ2n) is 2.62. The maximum atomic E-state index is 8.42. The van der Waals surface area contributed by atoms with Crippen LogP contribution in [-0.4, -0.2) is 10.8 Å². The van der Waals surface area contributed by atoms with E-state index in [9.17, 15) is 0 Å². The fourth-order valence-electron chi connectivity index (χ4n) is 0.862. The van der Waals surface area contributed by atoms with Gasteiger partial charge in [-0.15, -0.1) is 0 Å². The molecule has 1 aromatic rings. The lowest BCUT2D eigenvalue weighted by Crippen LogP contribution is -2.24. The fourth-order valence-corrected chi connectivity index (χ4v) is 1.03. The highest BCUT2D eigenvalue weighted by molar-refractivity contribution is 7.80. The number of hydrogen-bond acceptors (Lipinski definition) is 4. The largest absolute Gasteiger partial charge is 0.331 e. The maximum Gasteiger partial charge on any atom is 0.237 e. The second-order valence-corrected chi connectivity index (χ2v) is 3.02. The molecule has 0 atom stereocenters. The third kappa shape index (κ3) is 3.74. The van der Waals surface area contributed by atoms with Crippen LogP contribution in [0.2, 0.25) is 0 Å². The molecule has 5 nitrogen and oxygen atoms in total. The van der Waals surface area contributed by atoms with Gasteiger partial charge in [0.1, 0.15) is 12.1 Å². The SMILES string of the molecule is N#CC(C#N)=NNC(=S)Nc1ccccc1. The van der Waals surface area contributed by atoms with Gasteiger partial charge in [0, 0.05) is 5.69 Å². The summed E-state index contributed by atoms with van der Waals surface area (Å²) in [6.07, 6.45) is 0. The smallest absolute Gasteiger partial charge is 0.237 e. The fraction of sp³-hybridized carbons (Fsp3) is 0. The number of nitriles is 2. The molecule has 1 aromatic carbocycles. The normalized spacial score (nSPS) is 8.12. The van der Waals surface area contributed by atoms with E-state index in [4.69, 9.17) is 22.7 Å². The van der Waals surface area contributed by atoms with Crippen molar-refractivity contribution in [3.05, 3.63) is 30.3 Å². The van der Waals surface area contributed by atoms with Crippen LogP contribution in [0.4, 0.5) is 5.69 Å². The van der Waals surface area contributed by atoms with Crippen molar-refractivity contribution in [2.24, 2.45) is 5.10 Å². The molecule has 78 valence electrons. The average molecular weight is 229 g/mol. The summed E-state index contributed by atoms with van der Waals surface area (Å²) in [5.74, 6) is 0. The molecule has 1 rings (SSSR count). The van der Waals surface area contributed by atoms with Gasteiger partial charge in [-0.3, -0.25) is 5.43 Å². The van der Waals surface area contributed by atoms with Crippen molar-refractivity contribution in [2.45, 2.75) is 0 Å². The third-order valence-corrected chi connectivity index (χ3v) is 1.71. The number of nitrogens with zero attached hydrogens (tertiary/aromatic N) is 3.